The van der Waals surface area contributed by atoms with Gasteiger partial charge in [-0.05, 0) is 0 Å². The highest BCUT2D eigenvalue weighted by Crippen LogP contribution is 2.25. The zero-order valence-electron chi connectivity index (χ0n) is 11.2. The van der Waals surface area contributed by atoms with Gasteiger partial charge in [0.2, 0.25) is 11.8 Å². The molecule has 1 aliphatic heterocycles. The summed E-state index contributed by atoms with van der Waals surface area (Å²) in [7, 11) is 1.65. The monoisotopic (exact) mass is 283 g/mol. The number of nitrogen functional groups attached to an aromatic ring is 1. The van der Waals surface area contributed by atoms with Crippen molar-refractivity contribution in [1.82, 2.24) is 9.97 Å². The summed E-state index contributed by atoms with van der Waals surface area (Å²) in [5, 5.41) is 13.6. The molecule has 0 bridgehead atoms. The van der Waals surface area contributed by atoms with Gasteiger partial charge >= 0.3 is 5.69 Å². The molecule has 0 amide bonds. The van der Waals surface area contributed by atoms with Crippen LogP contribution >= 0.6 is 0 Å². The molecule has 0 unspecified atom stereocenters. The fourth-order valence-electron chi connectivity index (χ4n) is 2.05. The van der Waals surface area contributed by atoms with E-state index in [1.807, 2.05) is 0 Å². The van der Waals surface area contributed by atoms with Crippen molar-refractivity contribution >= 4 is 17.5 Å². The van der Waals surface area contributed by atoms with Gasteiger partial charge in [-0.15, -0.1) is 0 Å². The molecule has 1 aliphatic rings. The third kappa shape index (κ3) is 3.11. The van der Waals surface area contributed by atoms with Gasteiger partial charge < -0.3 is 20.5 Å². The minimum Gasteiger partial charge on any atom is -0.381 e. The first-order chi connectivity index (χ1) is 9.56. The molecular weight excluding hydrogens is 266 g/mol. The van der Waals surface area contributed by atoms with E-state index in [4.69, 9.17) is 15.2 Å². The molecule has 9 heteroatoms. The Morgan fingerprint density at radius 1 is 1.60 bits per heavy atom. The highest BCUT2D eigenvalue weighted by atomic mass is 16.6. The van der Waals surface area contributed by atoms with E-state index >= 15 is 0 Å². The van der Waals surface area contributed by atoms with Crippen molar-refractivity contribution in [2.24, 2.45) is 0 Å². The van der Waals surface area contributed by atoms with Gasteiger partial charge in [0, 0.05) is 39.7 Å². The van der Waals surface area contributed by atoms with Crippen molar-refractivity contribution in [1.29, 1.82) is 0 Å². The van der Waals surface area contributed by atoms with Crippen molar-refractivity contribution in [3.05, 3.63) is 16.3 Å². The number of methoxy groups -OCH3 is 1. The second-order valence-electron chi connectivity index (χ2n) is 4.57. The Kier molecular flexibility index (Phi) is 4.30. The van der Waals surface area contributed by atoms with Gasteiger partial charge in [0.15, 0.2) is 0 Å². The van der Waals surface area contributed by atoms with E-state index in [2.05, 4.69) is 15.3 Å². The lowest BCUT2D eigenvalue weighted by molar-refractivity contribution is -0.384. The Morgan fingerprint density at radius 3 is 2.85 bits per heavy atom. The molecule has 2 rings (SSSR count). The zero-order chi connectivity index (χ0) is 14.6. The van der Waals surface area contributed by atoms with Crippen LogP contribution in [0.3, 0.4) is 0 Å². The Balaban J connectivity index is 2.03. The number of nitrogens with zero attached hydrogens (tertiary/aromatic N) is 3. The Morgan fingerprint density at radius 2 is 2.30 bits per heavy atom. The molecule has 0 aliphatic carbocycles. The Bertz CT molecular complexity index is 490. The first-order valence-corrected chi connectivity index (χ1v) is 6.20. The fraction of sp³-hybridized carbons (Fsp3) is 0.636. The molecule has 110 valence electrons. The van der Waals surface area contributed by atoms with E-state index in [0.717, 1.165) is 19.0 Å². The fourth-order valence-corrected chi connectivity index (χ4v) is 2.05. The SMILES string of the molecule is COC1(CNc2ncc([N+](=O)[O-])c(N)n2)CCOCC1. The molecule has 0 atom stereocenters. The van der Waals surface area contributed by atoms with Crippen molar-refractivity contribution in [2.45, 2.75) is 18.4 Å². The molecule has 0 spiro atoms. The second-order valence-corrected chi connectivity index (χ2v) is 4.57. The number of ether oxygens (including phenoxy) is 2. The van der Waals surface area contributed by atoms with E-state index in [9.17, 15) is 10.1 Å². The minimum absolute atomic E-state index is 0.161. The summed E-state index contributed by atoms with van der Waals surface area (Å²) in [6.07, 6.45) is 2.62. The van der Waals surface area contributed by atoms with Crippen LogP contribution in [-0.2, 0) is 9.47 Å². The minimum atomic E-state index is -0.617. The van der Waals surface area contributed by atoms with Gasteiger partial charge in [0.25, 0.3) is 0 Å². The van der Waals surface area contributed by atoms with Crippen molar-refractivity contribution in [2.75, 3.05) is 37.9 Å². The van der Waals surface area contributed by atoms with E-state index in [0.29, 0.717) is 19.8 Å². The zero-order valence-corrected chi connectivity index (χ0v) is 11.2. The van der Waals surface area contributed by atoms with E-state index in [1.165, 1.54) is 0 Å². The highest BCUT2D eigenvalue weighted by Gasteiger charge is 2.32. The molecule has 20 heavy (non-hydrogen) atoms. The van der Waals surface area contributed by atoms with Crippen LogP contribution in [0, 0.1) is 10.1 Å². The summed E-state index contributed by atoms with van der Waals surface area (Å²) >= 11 is 0. The predicted octanol–water partition coefficient (Wildman–Crippen LogP) is 0.574. The molecule has 0 aromatic carbocycles. The summed E-state index contributed by atoms with van der Waals surface area (Å²) in [6, 6.07) is 0. The Hall–Kier alpha value is -2.00. The van der Waals surface area contributed by atoms with Crippen molar-refractivity contribution < 1.29 is 14.4 Å². The van der Waals surface area contributed by atoms with Crippen molar-refractivity contribution in [3.8, 4) is 0 Å². The van der Waals surface area contributed by atoms with E-state index in [1.54, 1.807) is 7.11 Å². The summed E-state index contributed by atoms with van der Waals surface area (Å²) in [5.74, 6) is 0.0851. The molecular formula is C11H17N5O4. The first-order valence-electron chi connectivity index (χ1n) is 6.20. The smallest absolute Gasteiger partial charge is 0.329 e. The van der Waals surface area contributed by atoms with Crippen LogP contribution in [0.2, 0.25) is 0 Å². The van der Waals surface area contributed by atoms with Crippen LogP contribution in [0.4, 0.5) is 17.5 Å². The lowest BCUT2D eigenvalue weighted by atomic mass is 9.94. The van der Waals surface area contributed by atoms with Gasteiger partial charge in [0.05, 0.1) is 10.5 Å². The van der Waals surface area contributed by atoms with E-state index < -0.39 is 4.92 Å². The van der Waals surface area contributed by atoms with Crippen LogP contribution in [0.1, 0.15) is 12.8 Å². The van der Waals surface area contributed by atoms with Crippen LogP contribution in [0.15, 0.2) is 6.20 Å². The normalized spacial score (nSPS) is 17.6. The lowest BCUT2D eigenvalue weighted by Gasteiger charge is -2.35. The molecule has 0 saturated carbocycles. The summed E-state index contributed by atoms with van der Waals surface area (Å²) < 4.78 is 10.9. The highest BCUT2D eigenvalue weighted by molar-refractivity contribution is 5.53. The number of nitrogens with one attached hydrogen (secondary N) is 1. The molecule has 1 fully saturated rings. The number of rotatable bonds is 5. The number of nitro groups is 1. The van der Waals surface area contributed by atoms with Gasteiger partial charge in [-0.3, -0.25) is 10.1 Å². The number of hydrogen-bond acceptors (Lipinski definition) is 8. The Labute approximate surface area is 115 Å². The van der Waals surface area contributed by atoms with E-state index in [-0.39, 0.29) is 23.1 Å². The van der Waals surface area contributed by atoms with Crippen LogP contribution in [-0.4, -0.2) is 47.4 Å². The van der Waals surface area contributed by atoms with Crippen LogP contribution in [0.25, 0.3) is 0 Å². The number of anilines is 2. The average molecular weight is 283 g/mol. The van der Waals surface area contributed by atoms with Gasteiger partial charge in [-0.25, -0.2) is 4.98 Å². The van der Waals surface area contributed by atoms with Crippen LogP contribution in [0.5, 0.6) is 0 Å². The van der Waals surface area contributed by atoms with Crippen molar-refractivity contribution in [3.63, 3.8) is 0 Å². The molecule has 3 N–H and O–H groups in total. The summed E-state index contributed by atoms with van der Waals surface area (Å²) in [5.41, 5.74) is 4.87. The predicted molar refractivity (Wildman–Crippen MR) is 71.4 cm³/mol. The maximum Gasteiger partial charge on any atom is 0.329 e. The summed E-state index contributed by atoms with van der Waals surface area (Å²) in [6.45, 7) is 1.77. The third-order valence-electron chi connectivity index (χ3n) is 3.40. The third-order valence-corrected chi connectivity index (χ3v) is 3.40. The van der Waals surface area contributed by atoms with Gasteiger partial charge in [-0.2, -0.15) is 4.98 Å². The number of nitrogens with two attached hydrogens (primary N) is 1. The van der Waals surface area contributed by atoms with Gasteiger partial charge in [0.1, 0.15) is 6.20 Å². The molecule has 9 nitrogen and oxygen atoms in total. The van der Waals surface area contributed by atoms with Gasteiger partial charge in [-0.1, -0.05) is 0 Å². The maximum atomic E-state index is 10.6. The topological polar surface area (TPSA) is 125 Å². The largest absolute Gasteiger partial charge is 0.381 e. The number of aromatic nitrogens is 2. The molecule has 1 aromatic rings. The maximum absolute atomic E-state index is 10.6. The molecule has 1 saturated heterocycles. The molecule has 0 radical (unpaired) electrons. The molecule has 2 heterocycles. The molecule has 1 aromatic heterocycles. The number of hydrogen-bond donors (Lipinski definition) is 2. The van der Waals surface area contributed by atoms with Crippen LogP contribution < -0.4 is 11.1 Å². The lowest BCUT2D eigenvalue weighted by Crippen LogP contribution is -2.44. The quantitative estimate of drug-likeness (QED) is 0.593. The average Bonchev–Trinajstić information content (AvgIpc) is 2.46. The second kappa shape index (κ2) is 5.97. The standard InChI is InChI=1S/C11H17N5O4/c1-19-11(2-4-20-5-3-11)7-14-10-13-6-8(16(17)18)9(12)15-10/h6H,2-5,7H2,1H3,(H3,12,13,14,15). The first kappa shape index (κ1) is 14.4. The summed E-state index contributed by atoms with van der Waals surface area (Å²) in [4.78, 5) is 17.8.